The minimum absolute atomic E-state index is 0.00413. The van der Waals surface area contributed by atoms with Crippen LogP contribution in [0.15, 0.2) is 24.3 Å². The van der Waals surface area contributed by atoms with E-state index < -0.39 is 0 Å². The topological polar surface area (TPSA) is 70.7 Å². The van der Waals surface area contributed by atoms with Crippen molar-refractivity contribution in [1.29, 1.82) is 0 Å². The number of carbonyl (C=O) groups excluding carboxylic acids is 2. The van der Waals surface area contributed by atoms with Crippen molar-refractivity contribution in [3.8, 4) is 0 Å². The first-order valence-corrected chi connectivity index (χ1v) is 7.97. The Bertz CT molecular complexity index is 581. The average molecular weight is 335 g/mol. The lowest BCUT2D eigenvalue weighted by Gasteiger charge is -2.26. The van der Waals surface area contributed by atoms with E-state index in [0.29, 0.717) is 31.9 Å². The molecule has 7 heteroatoms. The maximum absolute atomic E-state index is 12.3. The van der Waals surface area contributed by atoms with Crippen LogP contribution in [0.25, 0.3) is 0 Å². The molecule has 0 bridgehead atoms. The largest absolute Gasteiger partial charge is 0.378 e. The highest BCUT2D eigenvalue weighted by Crippen LogP contribution is 2.12. The summed E-state index contributed by atoms with van der Waals surface area (Å²) in [5, 5.41) is 5.78. The smallest absolute Gasteiger partial charge is 0.254 e. The number of benzene rings is 1. The van der Waals surface area contributed by atoms with Gasteiger partial charge in [-0.3, -0.25) is 9.59 Å². The Balaban J connectivity index is 1.92. The Hall–Kier alpha value is -1.99. The Morgan fingerprint density at radius 3 is 2.35 bits per heavy atom. The fourth-order valence-electron chi connectivity index (χ4n) is 2.06. The van der Waals surface area contributed by atoms with Crippen molar-refractivity contribution in [3.05, 3.63) is 29.8 Å². The van der Waals surface area contributed by atoms with Crippen molar-refractivity contribution in [2.45, 2.75) is 13.8 Å². The molecule has 23 heavy (non-hydrogen) atoms. The van der Waals surface area contributed by atoms with E-state index >= 15 is 0 Å². The molecular weight excluding hydrogens is 314 g/mol. The van der Waals surface area contributed by atoms with Crippen molar-refractivity contribution < 1.29 is 14.3 Å². The van der Waals surface area contributed by atoms with Gasteiger partial charge in [-0.15, -0.1) is 0 Å². The number of ether oxygens (including phenoxy) is 1. The lowest BCUT2D eigenvalue weighted by molar-refractivity contribution is -0.122. The van der Waals surface area contributed by atoms with E-state index in [-0.39, 0.29) is 22.8 Å². The lowest BCUT2D eigenvalue weighted by Crippen LogP contribution is -2.40. The molecule has 2 N–H and O–H groups in total. The lowest BCUT2D eigenvalue weighted by atomic mass is 10.1. The zero-order chi connectivity index (χ0) is 16.8. The highest BCUT2D eigenvalue weighted by Gasteiger charge is 2.18. The number of anilines is 1. The van der Waals surface area contributed by atoms with Crippen LogP contribution in [0.2, 0.25) is 0 Å². The molecule has 1 aromatic carbocycles. The quantitative estimate of drug-likeness (QED) is 0.822. The number of morpholine rings is 1. The molecule has 1 heterocycles. The summed E-state index contributed by atoms with van der Waals surface area (Å²) < 4.78 is 5.24. The minimum Gasteiger partial charge on any atom is -0.378 e. The van der Waals surface area contributed by atoms with Gasteiger partial charge < -0.3 is 20.3 Å². The van der Waals surface area contributed by atoms with Crippen LogP contribution >= 0.6 is 12.2 Å². The van der Waals surface area contributed by atoms with Gasteiger partial charge in [0.2, 0.25) is 5.91 Å². The number of thiocarbonyl (C=S) groups is 1. The van der Waals surface area contributed by atoms with Crippen LogP contribution in [-0.2, 0) is 9.53 Å². The number of hydrogen-bond acceptors (Lipinski definition) is 4. The van der Waals surface area contributed by atoms with Gasteiger partial charge in [-0.05, 0) is 36.5 Å². The Morgan fingerprint density at radius 2 is 1.78 bits per heavy atom. The average Bonchev–Trinajstić information content (AvgIpc) is 2.55. The van der Waals surface area contributed by atoms with Gasteiger partial charge in [-0.2, -0.15) is 0 Å². The number of nitrogens with zero attached hydrogens (tertiary/aromatic N) is 1. The Labute approximate surface area is 141 Å². The maximum atomic E-state index is 12.3. The maximum Gasteiger partial charge on any atom is 0.254 e. The van der Waals surface area contributed by atoms with Gasteiger partial charge in [0.25, 0.3) is 5.91 Å². The zero-order valence-corrected chi connectivity index (χ0v) is 14.1. The first-order valence-electron chi connectivity index (χ1n) is 7.56. The molecule has 0 unspecified atom stereocenters. The molecule has 1 aromatic rings. The summed E-state index contributed by atoms with van der Waals surface area (Å²) >= 11 is 5.09. The van der Waals surface area contributed by atoms with Crippen molar-refractivity contribution in [2.75, 3.05) is 31.6 Å². The molecular formula is C16H21N3O3S. The van der Waals surface area contributed by atoms with Crippen LogP contribution < -0.4 is 10.6 Å². The highest BCUT2D eigenvalue weighted by molar-refractivity contribution is 7.80. The molecule has 2 amide bonds. The highest BCUT2D eigenvalue weighted by atomic mass is 32.1. The second kappa shape index (κ2) is 8.03. The summed E-state index contributed by atoms with van der Waals surface area (Å²) in [4.78, 5) is 25.7. The van der Waals surface area contributed by atoms with Gasteiger partial charge in [-0.25, -0.2) is 0 Å². The molecule has 0 aromatic heterocycles. The van der Waals surface area contributed by atoms with Crippen LogP contribution in [0, 0.1) is 5.92 Å². The Kier molecular flexibility index (Phi) is 6.06. The van der Waals surface area contributed by atoms with Gasteiger partial charge in [0, 0.05) is 30.3 Å². The summed E-state index contributed by atoms with van der Waals surface area (Å²) in [7, 11) is 0. The molecule has 6 nitrogen and oxygen atoms in total. The van der Waals surface area contributed by atoms with Gasteiger partial charge in [0.05, 0.1) is 13.2 Å². The first-order chi connectivity index (χ1) is 11.0. The normalized spacial score (nSPS) is 14.5. The fraction of sp³-hybridized carbons (Fsp3) is 0.438. The van der Waals surface area contributed by atoms with Gasteiger partial charge in [0.15, 0.2) is 5.11 Å². The van der Waals surface area contributed by atoms with Gasteiger partial charge >= 0.3 is 0 Å². The molecule has 0 saturated carbocycles. The first kappa shape index (κ1) is 17.4. The molecule has 1 aliphatic heterocycles. The summed E-state index contributed by atoms with van der Waals surface area (Å²) in [5.74, 6) is -0.277. The number of hydrogen-bond donors (Lipinski definition) is 2. The zero-order valence-electron chi connectivity index (χ0n) is 13.3. The molecule has 0 atom stereocenters. The molecule has 0 spiro atoms. The molecule has 1 aliphatic rings. The van der Waals surface area contributed by atoms with Crippen LogP contribution in [0.3, 0.4) is 0 Å². The van der Waals surface area contributed by atoms with E-state index in [4.69, 9.17) is 17.0 Å². The third-order valence-electron chi connectivity index (χ3n) is 3.45. The molecule has 0 aliphatic carbocycles. The van der Waals surface area contributed by atoms with Crippen LogP contribution in [-0.4, -0.2) is 48.1 Å². The van der Waals surface area contributed by atoms with E-state index in [1.165, 1.54) is 0 Å². The molecule has 124 valence electrons. The number of nitrogens with one attached hydrogen (secondary N) is 2. The molecule has 2 rings (SSSR count). The van der Waals surface area contributed by atoms with E-state index in [2.05, 4.69) is 10.6 Å². The molecule has 0 radical (unpaired) electrons. The standard InChI is InChI=1S/C16H21N3O3S/c1-11(2)14(20)18-16(23)17-13-5-3-12(4-6-13)15(21)19-7-9-22-10-8-19/h3-6,11H,7-10H2,1-2H3,(H2,17,18,20,23). The van der Waals surface area contributed by atoms with Gasteiger partial charge in [-0.1, -0.05) is 13.8 Å². The van der Waals surface area contributed by atoms with Crippen LogP contribution in [0.4, 0.5) is 5.69 Å². The summed E-state index contributed by atoms with van der Waals surface area (Å²) in [6.07, 6.45) is 0. The van der Waals surface area contributed by atoms with Crippen LogP contribution in [0.1, 0.15) is 24.2 Å². The van der Waals surface area contributed by atoms with E-state index in [0.717, 1.165) is 5.69 Å². The summed E-state index contributed by atoms with van der Waals surface area (Å²) in [5.41, 5.74) is 1.34. The van der Waals surface area contributed by atoms with E-state index in [1.807, 2.05) is 0 Å². The second-order valence-corrected chi connectivity index (χ2v) is 5.99. The Morgan fingerprint density at radius 1 is 1.17 bits per heavy atom. The van der Waals surface area contributed by atoms with E-state index in [1.54, 1.807) is 43.0 Å². The van der Waals surface area contributed by atoms with E-state index in [9.17, 15) is 9.59 Å². The van der Waals surface area contributed by atoms with Gasteiger partial charge in [0.1, 0.15) is 0 Å². The monoisotopic (exact) mass is 335 g/mol. The molecule has 1 fully saturated rings. The second-order valence-electron chi connectivity index (χ2n) is 5.58. The van der Waals surface area contributed by atoms with Crippen molar-refractivity contribution in [1.82, 2.24) is 10.2 Å². The SMILES string of the molecule is CC(C)C(=O)NC(=S)Nc1ccc(C(=O)N2CCOCC2)cc1. The fourth-order valence-corrected chi connectivity index (χ4v) is 2.28. The van der Waals surface area contributed by atoms with Crippen molar-refractivity contribution in [3.63, 3.8) is 0 Å². The van der Waals surface area contributed by atoms with Crippen molar-refractivity contribution >= 4 is 34.8 Å². The van der Waals surface area contributed by atoms with Crippen LogP contribution in [0.5, 0.6) is 0 Å². The minimum atomic E-state index is -0.137. The molecule has 1 saturated heterocycles. The predicted molar refractivity (Wildman–Crippen MR) is 92.4 cm³/mol. The summed E-state index contributed by atoms with van der Waals surface area (Å²) in [6.45, 7) is 5.98. The number of rotatable bonds is 3. The van der Waals surface area contributed by atoms with Crippen molar-refractivity contribution in [2.24, 2.45) is 5.92 Å². The number of amides is 2. The summed E-state index contributed by atoms with van der Waals surface area (Å²) in [6, 6.07) is 7.02. The number of carbonyl (C=O) groups is 2. The third-order valence-corrected chi connectivity index (χ3v) is 3.65. The third kappa shape index (κ3) is 5.01. The predicted octanol–water partition coefficient (Wildman–Crippen LogP) is 1.63.